The van der Waals surface area contributed by atoms with Crippen molar-refractivity contribution >= 4 is 32.9 Å². The predicted octanol–water partition coefficient (Wildman–Crippen LogP) is 5.06. The minimum atomic E-state index is -0.995. The molecule has 1 aromatic carbocycles. The summed E-state index contributed by atoms with van der Waals surface area (Å²) >= 11 is 3.53. The third kappa shape index (κ3) is 4.35. The Balaban J connectivity index is 1.93. The zero-order chi connectivity index (χ0) is 20.3. The van der Waals surface area contributed by atoms with Gasteiger partial charge in [-0.3, -0.25) is 0 Å². The highest BCUT2D eigenvalue weighted by Gasteiger charge is 2.15. The van der Waals surface area contributed by atoms with Crippen LogP contribution in [0.5, 0.6) is 5.75 Å². The topological polar surface area (TPSA) is 77.2 Å². The molecule has 3 rings (SSSR count). The van der Waals surface area contributed by atoms with Crippen LogP contribution < -0.4 is 4.74 Å². The second-order valence-electron chi connectivity index (χ2n) is 6.89. The van der Waals surface area contributed by atoms with Crippen LogP contribution in [0.3, 0.4) is 0 Å². The summed E-state index contributed by atoms with van der Waals surface area (Å²) in [6.45, 7) is 7.38. The molecule has 3 aromatic rings. The molecule has 6 nitrogen and oxygen atoms in total. The van der Waals surface area contributed by atoms with Gasteiger partial charge in [0.25, 0.3) is 0 Å². The maximum Gasteiger partial charge on any atom is 0.337 e. The van der Waals surface area contributed by atoms with Gasteiger partial charge >= 0.3 is 5.97 Å². The van der Waals surface area contributed by atoms with Crippen LogP contribution in [0.15, 0.2) is 34.9 Å². The molecule has 7 heteroatoms. The molecule has 0 fully saturated rings. The zero-order valence-corrected chi connectivity index (χ0v) is 17.9. The first-order chi connectivity index (χ1) is 13.4. The van der Waals surface area contributed by atoms with Crippen LogP contribution >= 0.6 is 15.9 Å². The van der Waals surface area contributed by atoms with E-state index in [4.69, 9.17) is 4.74 Å². The normalized spacial score (nSPS) is 11.3. The summed E-state index contributed by atoms with van der Waals surface area (Å²) in [7, 11) is 0. The third-order valence-electron chi connectivity index (χ3n) is 4.99. The molecule has 148 valence electrons. The highest BCUT2D eigenvalue weighted by atomic mass is 79.9. The number of fused-ring (bicyclic) bond motifs is 1. The Bertz CT molecular complexity index is 996. The van der Waals surface area contributed by atoms with Crippen LogP contribution in [0.1, 0.15) is 48.3 Å². The van der Waals surface area contributed by atoms with Gasteiger partial charge in [0.2, 0.25) is 0 Å². The summed E-state index contributed by atoms with van der Waals surface area (Å²) in [5, 5.41) is 14.5. The lowest BCUT2D eigenvalue weighted by Gasteiger charge is -2.17. The lowest BCUT2D eigenvalue weighted by Crippen LogP contribution is -2.12. The fraction of sp³-hybridized carbons (Fsp3) is 0.381. The molecular formula is C21H24BrN3O3. The van der Waals surface area contributed by atoms with Crippen molar-refractivity contribution < 1.29 is 14.6 Å². The first-order valence-corrected chi connectivity index (χ1v) is 10.2. The van der Waals surface area contributed by atoms with Crippen LogP contribution in [-0.4, -0.2) is 32.4 Å². The monoisotopic (exact) mass is 445 g/mol. The maximum absolute atomic E-state index is 11.2. The van der Waals surface area contributed by atoms with E-state index in [0.29, 0.717) is 24.7 Å². The van der Waals surface area contributed by atoms with Crippen LogP contribution in [-0.2, 0) is 6.54 Å². The number of hydrogen-bond donors (Lipinski definition) is 1. The molecule has 1 N–H and O–H groups in total. The maximum atomic E-state index is 11.2. The largest absolute Gasteiger partial charge is 0.493 e. The number of rotatable bonds is 8. The Labute approximate surface area is 172 Å². The molecular weight excluding hydrogens is 422 g/mol. The van der Waals surface area contributed by atoms with Crippen molar-refractivity contribution in [2.75, 3.05) is 6.61 Å². The number of halogens is 1. The van der Waals surface area contributed by atoms with E-state index in [9.17, 15) is 9.90 Å². The van der Waals surface area contributed by atoms with Crippen LogP contribution in [0, 0.1) is 12.8 Å². The van der Waals surface area contributed by atoms with Gasteiger partial charge in [-0.15, -0.1) is 0 Å². The number of nitrogens with zero attached hydrogens (tertiary/aromatic N) is 3. The quantitative estimate of drug-likeness (QED) is 0.523. The van der Waals surface area contributed by atoms with Crippen LogP contribution in [0.2, 0.25) is 0 Å². The van der Waals surface area contributed by atoms with Gasteiger partial charge in [-0.25, -0.2) is 14.5 Å². The first-order valence-electron chi connectivity index (χ1n) is 9.40. The van der Waals surface area contributed by atoms with Crippen molar-refractivity contribution in [1.29, 1.82) is 0 Å². The smallest absolute Gasteiger partial charge is 0.337 e. The molecule has 0 atom stereocenters. The van der Waals surface area contributed by atoms with E-state index in [1.165, 1.54) is 6.20 Å². The Hall–Kier alpha value is -2.41. The minimum Gasteiger partial charge on any atom is -0.493 e. The van der Waals surface area contributed by atoms with E-state index in [1.54, 1.807) is 10.7 Å². The minimum absolute atomic E-state index is 0.159. The number of benzene rings is 1. The van der Waals surface area contributed by atoms with Gasteiger partial charge in [-0.1, -0.05) is 42.6 Å². The molecule has 2 heterocycles. The van der Waals surface area contributed by atoms with E-state index in [2.05, 4.69) is 39.9 Å². The average Bonchev–Trinajstić information content (AvgIpc) is 2.99. The molecule has 0 spiro atoms. The molecule has 0 aliphatic rings. The highest BCUT2D eigenvalue weighted by molar-refractivity contribution is 9.10. The molecule has 0 saturated carbocycles. The molecule has 0 radical (unpaired) electrons. The van der Waals surface area contributed by atoms with Gasteiger partial charge in [-0.2, -0.15) is 5.10 Å². The fourth-order valence-corrected chi connectivity index (χ4v) is 3.55. The second-order valence-corrected chi connectivity index (χ2v) is 7.80. The number of aromatic nitrogens is 3. The van der Waals surface area contributed by atoms with Crippen molar-refractivity contribution in [2.45, 2.75) is 40.2 Å². The fourth-order valence-electron chi connectivity index (χ4n) is 3.14. The molecule has 2 aromatic heterocycles. The molecule has 28 heavy (non-hydrogen) atoms. The van der Waals surface area contributed by atoms with E-state index < -0.39 is 5.97 Å². The van der Waals surface area contributed by atoms with Gasteiger partial charge in [0.15, 0.2) is 5.65 Å². The molecule has 0 aliphatic carbocycles. The molecule has 0 amide bonds. The number of carboxylic acids is 1. The van der Waals surface area contributed by atoms with Crippen molar-refractivity contribution in [3.63, 3.8) is 0 Å². The van der Waals surface area contributed by atoms with Crippen molar-refractivity contribution in [1.82, 2.24) is 14.8 Å². The number of aromatic carboxylic acids is 1. The standard InChI is InChI=1S/C21H24BrN3O3/c1-4-14(5-2)12-28-19-7-6-17(22)8-16(19)11-25-20-18(13(3)24-25)9-15(10-23-20)21(26)27/h6-10,14H,4-5,11-12H2,1-3H3,(H,26,27). The Morgan fingerprint density at radius 2 is 2.04 bits per heavy atom. The molecule has 0 aliphatic heterocycles. The number of hydrogen-bond acceptors (Lipinski definition) is 4. The predicted molar refractivity (Wildman–Crippen MR) is 112 cm³/mol. The molecule has 0 unspecified atom stereocenters. The van der Waals surface area contributed by atoms with E-state index in [1.807, 2.05) is 25.1 Å². The SMILES string of the molecule is CCC(CC)COc1ccc(Br)cc1Cn1nc(C)c2cc(C(=O)O)cnc21. The Morgan fingerprint density at radius 1 is 1.29 bits per heavy atom. The number of carboxylic acid groups (broad SMARTS) is 1. The Morgan fingerprint density at radius 3 is 2.71 bits per heavy atom. The van der Waals surface area contributed by atoms with Gasteiger partial charge in [0.05, 0.1) is 24.4 Å². The van der Waals surface area contributed by atoms with Crippen LogP contribution in [0.4, 0.5) is 0 Å². The van der Waals surface area contributed by atoms with Crippen molar-refractivity contribution in [3.8, 4) is 5.75 Å². The zero-order valence-electron chi connectivity index (χ0n) is 16.3. The summed E-state index contributed by atoms with van der Waals surface area (Å²) < 4.78 is 8.88. The summed E-state index contributed by atoms with van der Waals surface area (Å²) in [5.74, 6) is 0.365. The van der Waals surface area contributed by atoms with Crippen molar-refractivity contribution in [3.05, 3.63) is 51.8 Å². The molecule has 0 saturated heterocycles. The molecule has 0 bridgehead atoms. The number of pyridine rings is 1. The first kappa shape index (κ1) is 20.3. The van der Waals surface area contributed by atoms with Crippen LogP contribution in [0.25, 0.3) is 11.0 Å². The Kier molecular flexibility index (Phi) is 6.34. The van der Waals surface area contributed by atoms with Gasteiger partial charge in [0, 0.05) is 21.6 Å². The summed E-state index contributed by atoms with van der Waals surface area (Å²) in [4.78, 5) is 15.6. The number of aryl methyl sites for hydroxylation is 1. The summed E-state index contributed by atoms with van der Waals surface area (Å²) in [5.41, 5.74) is 2.56. The number of ether oxygens (including phenoxy) is 1. The van der Waals surface area contributed by atoms with E-state index in [0.717, 1.165) is 39.7 Å². The van der Waals surface area contributed by atoms with E-state index in [-0.39, 0.29) is 5.56 Å². The van der Waals surface area contributed by atoms with Gasteiger partial charge in [0.1, 0.15) is 5.75 Å². The number of carbonyl (C=O) groups is 1. The highest BCUT2D eigenvalue weighted by Crippen LogP contribution is 2.27. The lowest BCUT2D eigenvalue weighted by atomic mass is 10.1. The lowest BCUT2D eigenvalue weighted by molar-refractivity contribution is 0.0696. The van der Waals surface area contributed by atoms with Gasteiger partial charge in [-0.05, 0) is 37.1 Å². The summed E-state index contributed by atoms with van der Waals surface area (Å²) in [6.07, 6.45) is 3.54. The van der Waals surface area contributed by atoms with Crippen molar-refractivity contribution in [2.24, 2.45) is 5.92 Å². The van der Waals surface area contributed by atoms with Gasteiger partial charge < -0.3 is 9.84 Å². The summed E-state index contributed by atoms with van der Waals surface area (Å²) in [6, 6.07) is 7.58. The average molecular weight is 446 g/mol. The van der Waals surface area contributed by atoms with E-state index >= 15 is 0 Å². The second kappa shape index (κ2) is 8.73. The third-order valence-corrected chi connectivity index (χ3v) is 5.48.